The van der Waals surface area contributed by atoms with Crippen molar-refractivity contribution in [3.05, 3.63) is 63.3 Å². The molecule has 0 bridgehead atoms. The Kier molecular flexibility index (Phi) is 5.01. The second kappa shape index (κ2) is 7.58. The Morgan fingerprint density at radius 1 is 1.30 bits per heavy atom. The van der Waals surface area contributed by atoms with E-state index in [1.165, 1.54) is 11.3 Å². The smallest absolute Gasteiger partial charge is 0.264 e. The molecule has 1 N–H and O–H groups in total. The predicted octanol–water partition coefficient (Wildman–Crippen LogP) is 4.37. The van der Waals surface area contributed by atoms with Gasteiger partial charge in [0.1, 0.15) is 11.5 Å². The highest BCUT2D eigenvalue weighted by atomic mass is 35.5. The first-order chi connectivity index (χ1) is 13.2. The van der Waals surface area contributed by atoms with E-state index < -0.39 is 6.10 Å². The van der Waals surface area contributed by atoms with Gasteiger partial charge in [-0.25, -0.2) is 0 Å². The van der Waals surface area contributed by atoms with Crippen LogP contribution >= 0.6 is 22.9 Å². The van der Waals surface area contributed by atoms with Crippen LogP contribution in [0.3, 0.4) is 0 Å². The molecule has 0 radical (unpaired) electrons. The van der Waals surface area contributed by atoms with Gasteiger partial charge < -0.3 is 14.9 Å². The molecule has 1 amide bonds. The second-order valence-electron chi connectivity index (χ2n) is 6.13. The number of amides is 1. The third kappa shape index (κ3) is 3.63. The Hall–Kier alpha value is -2.57. The molecule has 1 aliphatic heterocycles. The Bertz CT molecular complexity index is 1030. The van der Waals surface area contributed by atoms with Crippen molar-refractivity contribution in [1.82, 2.24) is 5.32 Å². The standard InChI is InChI=1S/C20H17ClN2O3S/c1-25-16-7-6-12-4-2-3-5-13(12)14(16)11-22-20(24)17-10-15(23-26-17)18-8-9-19(21)27-18/h2-9,17H,10-11H2,1H3,(H,22,24)/t17-/m1/s1. The number of fused-ring (bicyclic) bond motifs is 1. The van der Waals surface area contributed by atoms with Gasteiger partial charge in [-0.2, -0.15) is 0 Å². The largest absolute Gasteiger partial charge is 0.496 e. The lowest BCUT2D eigenvalue weighted by Crippen LogP contribution is -2.34. The summed E-state index contributed by atoms with van der Waals surface area (Å²) in [4.78, 5) is 18.8. The van der Waals surface area contributed by atoms with E-state index in [4.69, 9.17) is 21.2 Å². The van der Waals surface area contributed by atoms with Crippen LogP contribution in [0.25, 0.3) is 10.8 Å². The fraction of sp³-hybridized carbons (Fsp3) is 0.200. The third-order valence-electron chi connectivity index (χ3n) is 4.48. The molecule has 138 valence electrons. The second-order valence-corrected chi connectivity index (χ2v) is 7.84. The van der Waals surface area contributed by atoms with Crippen LogP contribution in [-0.4, -0.2) is 24.8 Å². The van der Waals surface area contributed by atoms with Crippen LogP contribution in [0.1, 0.15) is 16.9 Å². The number of carbonyl (C=O) groups is 1. The summed E-state index contributed by atoms with van der Waals surface area (Å²) in [6, 6.07) is 15.6. The van der Waals surface area contributed by atoms with Crippen molar-refractivity contribution < 1.29 is 14.4 Å². The van der Waals surface area contributed by atoms with Crippen molar-refractivity contribution in [2.45, 2.75) is 19.1 Å². The fourth-order valence-electron chi connectivity index (χ4n) is 3.11. The SMILES string of the molecule is COc1ccc2ccccc2c1CNC(=O)[C@H]1CC(c2ccc(Cl)s2)=NO1. The summed E-state index contributed by atoms with van der Waals surface area (Å²) in [6.07, 6.45) is -0.211. The van der Waals surface area contributed by atoms with Gasteiger partial charge in [-0.15, -0.1) is 11.3 Å². The molecule has 27 heavy (non-hydrogen) atoms. The van der Waals surface area contributed by atoms with Crippen LogP contribution < -0.4 is 10.1 Å². The third-order valence-corrected chi connectivity index (χ3v) is 5.76. The van der Waals surface area contributed by atoms with E-state index in [1.54, 1.807) is 7.11 Å². The summed E-state index contributed by atoms with van der Waals surface area (Å²) in [7, 11) is 1.63. The van der Waals surface area contributed by atoms with Crippen LogP contribution in [-0.2, 0) is 16.2 Å². The summed E-state index contributed by atoms with van der Waals surface area (Å²) in [5.74, 6) is 0.540. The summed E-state index contributed by atoms with van der Waals surface area (Å²) in [5, 5.41) is 9.14. The van der Waals surface area contributed by atoms with Crippen LogP contribution in [0.4, 0.5) is 0 Å². The van der Waals surface area contributed by atoms with Crippen molar-refractivity contribution >= 4 is 45.3 Å². The van der Waals surface area contributed by atoms with Crippen molar-refractivity contribution in [2.75, 3.05) is 7.11 Å². The van der Waals surface area contributed by atoms with Gasteiger partial charge in [0.25, 0.3) is 5.91 Å². The molecule has 1 aliphatic rings. The Labute approximate surface area is 165 Å². The molecule has 1 aromatic heterocycles. The van der Waals surface area contributed by atoms with E-state index in [9.17, 15) is 4.79 Å². The molecular weight excluding hydrogens is 384 g/mol. The number of nitrogens with zero attached hydrogens (tertiary/aromatic N) is 1. The Morgan fingerprint density at radius 3 is 2.93 bits per heavy atom. The number of methoxy groups -OCH3 is 1. The molecule has 0 aliphatic carbocycles. The number of halogens is 1. The van der Waals surface area contributed by atoms with Crippen molar-refractivity contribution in [3.63, 3.8) is 0 Å². The number of carbonyl (C=O) groups excluding carboxylic acids is 1. The zero-order valence-electron chi connectivity index (χ0n) is 14.6. The molecule has 0 saturated carbocycles. The van der Waals surface area contributed by atoms with E-state index in [0.29, 0.717) is 17.3 Å². The summed E-state index contributed by atoms with van der Waals surface area (Å²) in [5.41, 5.74) is 1.68. The van der Waals surface area contributed by atoms with Gasteiger partial charge in [-0.3, -0.25) is 4.79 Å². The number of nitrogens with one attached hydrogen (secondary N) is 1. The lowest BCUT2D eigenvalue weighted by atomic mass is 10.0. The first kappa shape index (κ1) is 17.8. The summed E-state index contributed by atoms with van der Waals surface area (Å²) < 4.78 is 6.16. The lowest BCUT2D eigenvalue weighted by Gasteiger charge is -2.14. The number of oxime groups is 1. The minimum absolute atomic E-state index is 0.202. The maximum absolute atomic E-state index is 12.6. The number of hydrogen-bond donors (Lipinski definition) is 1. The number of benzene rings is 2. The molecule has 4 rings (SSSR count). The molecule has 2 heterocycles. The summed E-state index contributed by atoms with van der Waals surface area (Å²) >= 11 is 7.38. The van der Waals surface area contributed by atoms with Crippen LogP contribution in [0.5, 0.6) is 5.75 Å². The highest BCUT2D eigenvalue weighted by Crippen LogP contribution is 2.29. The molecule has 0 spiro atoms. The molecular formula is C20H17ClN2O3S. The van der Waals surface area contributed by atoms with E-state index in [2.05, 4.69) is 10.5 Å². The monoisotopic (exact) mass is 400 g/mol. The summed E-state index contributed by atoms with van der Waals surface area (Å²) in [6.45, 7) is 0.351. The van der Waals surface area contributed by atoms with Gasteiger partial charge in [0.15, 0.2) is 0 Å². The van der Waals surface area contributed by atoms with E-state index in [1.807, 2.05) is 48.5 Å². The van der Waals surface area contributed by atoms with Crippen molar-refractivity contribution in [2.24, 2.45) is 5.16 Å². The molecule has 5 nitrogen and oxygen atoms in total. The lowest BCUT2D eigenvalue weighted by molar-refractivity contribution is -0.131. The van der Waals surface area contributed by atoms with Crippen LogP contribution in [0.2, 0.25) is 4.34 Å². The fourth-order valence-corrected chi connectivity index (χ4v) is 4.14. The maximum Gasteiger partial charge on any atom is 0.264 e. The normalized spacial score (nSPS) is 16.1. The van der Waals surface area contributed by atoms with E-state index in [-0.39, 0.29) is 5.91 Å². The number of ether oxygens (including phenoxy) is 1. The first-order valence-electron chi connectivity index (χ1n) is 8.46. The average molecular weight is 401 g/mol. The van der Waals surface area contributed by atoms with Gasteiger partial charge in [0.05, 0.1) is 16.3 Å². The van der Waals surface area contributed by atoms with Crippen molar-refractivity contribution in [1.29, 1.82) is 0 Å². The maximum atomic E-state index is 12.6. The van der Waals surface area contributed by atoms with Gasteiger partial charge in [-0.1, -0.05) is 47.1 Å². The van der Waals surface area contributed by atoms with Gasteiger partial charge in [0.2, 0.25) is 6.10 Å². The quantitative estimate of drug-likeness (QED) is 0.691. The predicted molar refractivity (Wildman–Crippen MR) is 108 cm³/mol. The van der Waals surface area contributed by atoms with Crippen molar-refractivity contribution in [3.8, 4) is 5.75 Å². The zero-order valence-corrected chi connectivity index (χ0v) is 16.1. The molecule has 0 saturated heterocycles. The molecule has 1 atom stereocenters. The highest BCUT2D eigenvalue weighted by molar-refractivity contribution is 7.18. The van der Waals surface area contributed by atoms with Crippen LogP contribution in [0.15, 0.2) is 53.7 Å². The van der Waals surface area contributed by atoms with Gasteiger partial charge >= 0.3 is 0 Å². The Balaban J connectivity index is 1.45. The zero-order chi connectivity index (χ0) is 18.8. The number of hydrogen-bond acceptors (Lipinski definition) is 5. The van der Waals surface area contributed by atoms with Gasteiger partial charge in [-0.05, 0) is 29.0 Å². The molecule has 3 aromatic rings. The minimum Gasteiger partial charge on any atom is -0.496 e. The Morgan fingerprint density at radius 2 is 2.15 bits per heavy atom. The van der Waals surface area contributed by atoms with E-state index >= 15 is 0 Å². The van der Waals surface area contributed by atoms with E-state index in [0.717, 1.165) is 32.7 Å². The highest BCUT2D eigenvalue weighted by Gasteiger charge is 2.29. The van der Waals surface area contributed by atoms with Gasteiger partial charge in [0, 0.05) is 18.5 Å². The van der Waals surface area contributed by atoms with Crippen LogP contribution in [0, 0.1) is 0 Å². The molecule has 0 fully saturated rings. The number of thiophene rings is 1. The average Bonchev–Trinajstić information content (AvgIpc) is 3.34. The molecule has 2 aromatic carbocycles. The minimum atomic E-state index is -0.637. The number of rotatable bonds is 5. The topological polar surface area (TPSA) is 59.9 Å². The molecule has 0 unspecified atom stereocenters. The molecule has 7 heteroatoms. The first-order valence-corrected chi connectivity index (χ1v) is 9.66.